The first-order valence-corrected chi connectivity index (χ1v) is 10.1. The fourth-order valence-electron chi connectivity index (χ4n) is 3.69. The van der Waals surface area contributed by atoms with Crippen molar-refractivity contribution in [3.8, 4) is 0 Å². The third-order valence-corrected chi connectivity index (χ3v) is 5.62. The molecule has 0 aromatic heterocycles. The molecule has 0 aliphatic carbocycles. The number of rotatable bonds is 7. The van der Waals surface area contributed by atoms with Crippen LogP contribution in [0.1, 0.15) is 22.3 Å². The van der Waals surface area contributed by atoms with E-state index in [4.69, 9.17) is 11.6 Å². The van der Waals surface area contributed by atoms with E-state index < -0.39 is 11.7 Å². The van der Waals surface area contributed by atoms with Gasteiger partial charge in [0.15, 0.2) is 0 Å². The molecule has 0 radical (unpaired) electrons. The Bertz CT molecular complexity index is 802. The Labute approximate surface area is 175 Å². The molecule has 6 nitrogen and oxygen atoms in total. The average Bonchev–Trinajstić information content (AvgIpc) is 2.71. The molecule has 2 atom stereocenters. The van der Waals surface area contributed by atoms with Gasteiger partial charge in [-0.15, -0.1) is 0 Å². The summed E-state index contributed by atoms with van der Waals surface area (Å²) in [7, 11) is 0. The molecule has 2 aromatic rings. The highest BCUT2D eigenvalue weighted by Crippen LogP contribution is 2.26. The van der Waals surface area contributed by atoms with Gasteiger partial charge in [-0.3, -0.25) is 9.69 Å². The first-order valence-electron chi connectivity index (χ1n) is 9.74. The van der Waals surface area contributed by atoms with Crippen molar-refractivity contribution in [2.45, 2.75) is 24.7 Å². The van der Waals surface area contributed by atoms with Crippen molar-refractivity contribution in [2.24, 2.45) is 0 Å². The van der Waals surface area contributed by atoms with Gasteiger partial charge in [0.2, 0.25) is 0 Å². The third kappa shape index (κ3) is 5.56. The lowest BCUT2D eigenvalue weighted by Gasteiger charge is -2.44. The van der Waals surface area contributed by atoms with Gasteiger partial charge in [-0.2, -0.15) is 0 Å². The number of carbonyl (C=O) groups excluding carboxylic acids is 1. The summed E-state index contributed by atoms with van der Waals surface area (Å²) in [6.45, 7) is 1.51. The van der Waals surface area contributed by atoms with Crippen LogP contribution < -0.4 is 0 Å². The molecule has 0 unspecified atom stereocenters. The Morgan fingerprint density at radius 2 is 1.86 bits per heavy atom. The van der Waals surface area contributed by atoms with Crippen LogP contribution in [0.2, 0.25) is 5.02 Å². The number of aliphatic hydroxyl groups is 3. The maximum atomic E-state index is 12.7. The van der Waals surface area contributed by atoms with E-state index in [2.05, 4.69) is 0 Å². The number of benzene rings is 2. The van der Waals surface area contributed by atoms with Crippen molar-refractivity contribution in [3.63, 3.8) is 0 Å². The van der Waals surface area contributed by atoms with Crippen LogP contribution in [0.5, 0.6) is 0 Å². The van der Waals surface area contributed by atoms with E-state index >= 15 is 0 Å². The summed E-state index contributed by atoms with van der Waals surface area (Å²) in [5.74, 6) is -0.195. The van der Waals surface area contributed by atoms with Crippen LogP contribution >= 0.6 is 11.6 Å². The predicted molar refractivity (Wildman–Crippen MR) is 112 cm³/mol. The fraction of sp³-hybridized carbons (Fsp3) is 0.409. The van der Waals surface area contributed by atoms with Crippen LogP contribution in [0.4, 0.5) is 0 Å². The van der Waals surface area contributed by atoms with Crippen LogP contribution in [-0.4, -0.2) is 75.5 Å². The molecule has 1 amide bonds. The van der Waals surface area contributed by atoms with Crippen molar-refractivity contribution in [2.75, 3.05) is 32.8 Å². The zero-order chi connectivity index (χ0) is 20.9. The van der Waals surface area contributed by atoms with E-state index in [1.165, 1.54) is 0 Å². The lowest BCUT2D eigenvalue weighted by atomic mass is 9.87. The number of hydrogen-bond donors (Lipinski definition) is 3. The Hall–Kier alpha value is -1.96. The summed E-state index contributed by atoms with van der Waals surface area (Å²) in [4.78, 5) is 16.2. The van der Waals surface area contributed by atoms with Gasteiger partial charge < -0.3 is 20.2 Å². The van der Waals surface area contributed by atoms with E-state index in [9.17, 15) is 20.1 Å². The fourth-order valence-corrected chi connectivity index (χ4v) is 3.82. The highest BCUT2D eigenvalue weighted by atomic mass is 35.5. The molecule has 1 saturated heterocycles. The minimum absolute atomic E-state index is 0.0415. The van der Waals surface area contributed by atoms with Crippen LogP contribution in [0, 0.1) is 0 Å². The van der Waals surface area contributed by atoms with Crippen LogP contribution in [0.3, 0.4) is 0 Å². The molecule has 0 spiro atoms. The molecule has 3 N–H and O–H groups in total. The summed E-state index contributed by atoms with van der Waals surface area (Å²) in [6, 6.07) is 16.4. The number of nitrogens with zero attached hydrogens (tertiary/aromatic N) is 2. The Balaban J connectivity index is 1.64. The second kappa shape index (κ2) is 9.69. The zero-order valence-electron chi connectivity index (χ0n) is 16.2. The first-order chi connectivity index (χ1) is 13.9. The van der Waals surface area contributed by atoms with Gasteiger partial charge in [-0.1, -0.05) is 41.9 Å². The lowest BCUT2D eigenvalue weighted by molar-refractivity contribution is -0.127. The summed E-state index contributed by atoms with van der Waals surface area (Å²) < 4.78 is 0. The Morgan fingerprint density at radius 1 is 1.17 bits per heavy atom. The van der Waals surface area contributed by atoms with Crippen LogP contribution in [0.15, 0.2) is 54.6 Å². The van der Waals surface area contributed by atoms with Crippen LogP contribution in [0.25, 0.3) is 0 Å². The number of aliphatic hydroxyl groups excluding tert-OH is 2. The quantitative estimate of drug-likeness (QED) is 0.638. The molecule has 1 heterocycles. The lowest BCUT2D eigenvalue weighted by Crippen LogP contribution is -2.61. The average molecular weight is 419 g/mol. The van der Waals surface area contributed by atoms with Gasteiger partial charge in [0.25, 0.3) is 5.91 Å². The standard InChI is InChI=1S/C22H27ClN2O4/c23-19-8-6-18(7-9-19)21(28)25-11-10-22(29,20(27)15-25)16-24(12-13-26)14-17-4-2-1-3-5-17/h1-9,20,26-27,29H,10-16H2/t20-,22-/m0/s1. The number of hydrogen-bond acceptors (Lipinski definition) is 5. The first kappa shape index (κ1) is 21.7. The molecular weight excluding hydrogens is 392 g/mol. The zero-order valence-corrected chi connectivity index (χ0v) is 17.0. The predicted octanol–water partition coefficient (Wildman–Crippen LogP) is 1.77. The van der Waals surface area contributed by atoms with Crippen molar-refractivity contribution < 1.29 is 20.1 Å². The number of amides is 1. The molecule has 0 bridgehead atoms. The molecule has 0 saturated carbocycles. The largest absolute Gasteiger partial charge is 0.395 e. The van der Waals surface area contributed by atoms with E-state index in [-0.39, 0.29) is 32.0 Å². The minimum Gasteiger partial charge on any atom is -0.395 e. The minimum atomic E-state index is -1.35. The smallest absolute Gasteiger partial charge is 0.253 e. The SMILES string of the molecule is O=C(c1ccc(Cl)cc1)N1CC[C@](O)(CN(CCO)Cc2ccccc2)[C@@H](O)C1. The topological polar surface area (TPSA) is 84.2 Å². The summed E-state index contributed by atoms with van der Waals surface area (Å²) in [6.07, 6.45) is -0.825. The van der Waals surface area contributed by atoms with Crippen molar-refractivity contribution in [1.29, 1.82) is 0 Å². The molecule has 7 heteroatoms. The second-order valence-corrected chi connectivity index (χ2v) is 7.98. The van der Waals surface area contributed by atoms with Gasteiger partial charge in [0, 0.05) is 43.3 Å². The van der Waals surface area contributed by atoms with E-state index in [1.807, 2.05) is 35.2 Å². The van der Waals surface area contributed by atoms with E-state index in [0.717, 1.165) is 5.56 Å². The van der Waals surface area contributed by atoms with Crippen LogP contribution in [-0.2, 0) is 6.54 Å². The van der Waals surface area contributed by atoms with Gasteiger partial charge >= 0.3 is 0 Å². The maximum Gasteiger partial charge on any atom is 0.253 e. The Kier molecular flexibility index (Phi) is 7.27. The molecule has 1 fully saturated rings. The molecular formula is C22H27ClN2O4. The molecule has 3 rings (SSSR count). The highest BCUT2D eigenvalue weighted by Gasteiger charge is 2.43. The number of halogens is 1. The third-order valence-electron chi connectivity index (χ3n) is 5.37. The number of carbonyl (C=O) groups is 1. The summed E-state index contributed by atoms with van der Waals surface area (Å²) in [5.41, 5.74) is 0.216. The maximum absolute atomic E-state index is 12.7. The molecule has 29 heavy (non-hydrogen) atoms. The number of β-amino-alcohol motifs (C(OH)–C–C–N with tert-alkyl or cyclic N) is 1. The van der Waals surface area contributed by atoms with Gasteiger partial charge in [-0.05, 0) is 36.2 Å². The van der Waals surface area contributed by atoms with E-state index in [0.29, 0.717) is 30.2 Å². The Morgan fingerprint density at radius 3 is 2.48 bits per heavy atom. The molecule has 2 aromatic carbocycles. The van der Waals surface area contributed by atoms with Crippen molar-refractivity contribution in [3.05, 3.63) is 70.7 Å². The number of piperidine rings is 1. The normalized spacial score (nSPS) is 22.1. The number of likely N-dealkylation sites (tertiary alicyclic amines) is 1. The van der Waals surface area contributed by atoms with Crippen molar-refractivity contribution >= 4 is 17.5 Å². The second-order valence-electron chi connectivity index (χ2n) is 7.55. The van der Waals surface area contributed by atoms with Gasteiger partial charge in [0.05, 0.1) is 6.61 Å². The van der Waals surface area contributed by atoms with Gasteiger partial charge in [-0.25, -0.2) is 0 Å². The monoisotopic (exact) mass is 418 g/mol. The molecule has 1 aliphatic heterocycles. The van der Waals surface area contributed by atoms with Gasteiger partial charge in [0.1, 0.15) is 11.7 Å². The van der Waals surface area contributed by atoms with E-state index in [1.54, 1.807) is 29.2 Å². The highest BCUT2D eigenvalue weighted by molar-refractivity contribution is 6.30. The van der Waals surface area contributed by atoms with Crippen molar-refractivity contribution in [1.82, 2.24) is 9.80 Å². The summed E-state index contributed by atoms with van der Waals surface area (Å²) >= 11 is 5.87. The molecule has 1 aliphatic rings. The summed E-state index contributed by atoms with van der Waals surface area (Å²) in [5, 5.41) is 31.7. The molecule has 156 valence electrons.